The number of hydrogen-bond donors (Lipinski definition) is 0. The molecule has 0 fully saturated rings. The van der Waals surface area contributed by atoms with Crippen LogP contribution in [-0.4, -0.2) is 19.5 Å². The lowest BCUT2D eigenvalue weighted by Gasteiger charge is -2.09. The zero-order valence-electron chi connectivity index (χ0n) is 10.9. The van der Waals surface area contributed by atoms with Gasteiger partial charge in [0.25, 0.3) is 0 Å². The fourth-order valence-electron chi connectivity index (χ4n) is 1.98. The van der Waals surface area contributed by atoms with Crippen LogP contribution in [0.2, 0.25) is 10.3 Å². The van der Waals surface area contributed by atoms with Gasteiger partial charge in [-0.05, 0) is 17.7 Å². The van der Waals surface area contributed by atoms with Gasteiger partial charge in [-0.2, -0.15) is 0 Å². The first-order valence-corrected chi connectivity index (χ1v) is 7.57. The lowest BCUT2D eigenvalue weighted by atomic mass is 10.1. The first kappa shape index (κ1) is 14.5. The third-order valence-corrected chi connectivity index (χ3v) is 4.02. The third-order valence-electron chi connectivity index (χ3n) is 2.98. The Balaban J connectivity index is 2.15. The number of aryl methyl sites for hydroxylation is 1. The number of nitrogens with zero attached hydrogens (tertiary/aromatic N) is 4. The Morgan fingerprint density at radius 2 is 1.86 bits per heavy atom. The van der Waals surface area contributed by atoms with Gasteiger partial charge in [0.2, 0.25) is 0 Å². The molecule has 0 saturated carbocycles. The largest absolute Gasteiger partial charge is 0.331 e. The van der Waals surface area contributed by atoms with Gasteiger partial charge in [0, 0.05) is 11.5 Å². The third kappa shape index (κ3) is 2.81. The number of imidazole rings is 1. The second-order valence-electron chi connectivity index (χ2n) is 4.40. The molecule has 0 amide bonds. The normalized spacial score (nSPS) is 10.9. The van der Waals surface area contributed by atoms with E-state index in [1.54, 1.807) is 17.1 Å². The lowest BCUT2D eigenvalue weighted by Crippen LogP contribution is -1.98. The zero-order valence-corrected chi connectivity index (χ0v) is 14.0. The van der Waals surface area contributed by atoms with Gasteiger partial charge in [-0.3, -0.25) is 0 Å². The molecule has 0 aliphatic rings. The summed E-state index contributed by atoms with van der Waals surface area (Å²) in [7, 11) is 1.86. The van der Waals surface area contributed by atoms with Crippen LogP contribution in [0.25, 0.3) is 22.6 Å². The average molecular weight is 384 g/mol. The molecule has 1 aromatic carbocycles. The van der Waals surface area contributed by atoms with Crippen molar-refractivity contribution < 1.29 is 0 Å². The second kappa shape index (κ2) is 5.75. The molecule has 4 nitrogen and oxygen atoms in total. The molecule has 2 aromatic heterocycles. The van der Waals surface area contributed by atoms with Crippen LogP contribution in [0.15, 0.2) is 41.3 Å². The molecule has 0 saturated heterocycles. The van der Waals surface area contributed by atoms with Crippen molar-refractivity contribution in [2.75, 3.05) is 0 Å². The number of benzene rings is 1. The van der Waals surface area contributed by atoms with Gasteiger partial charge in [-0.25, -0.2) is 15.0 Å². The van der Waals surface area contributed by atoms with Crippen LogP contribution in [0.4, 0.5) is 0 Å². The van der Waals surface area contributed by atoms with Gasteiger partial charge < -0.3 is 4.57 Å². The van der Waals surface area contributed by atoms with Crippen molar-refractivity contribution in [3.05, 3.63) is 51.6 Å². The van der Waals surface area contributed by atoms with E-state index in [0.29, 0.717) is 21.7 Å². The second-order valence-corrected chi connectivity index (χ2v) is 6.04. The van der Waals surface area contributed by atoms with Gasteiger partial charge >= 0.3 is 0 Å². The Hall–Kier alpha value is -1.43. The van der Waals surface area contributed by atoms with E-state index in [-0.39, 0.29) is 0 Å². The highest BCUT2D eigenvalue weighted by atomic mass is 79.9. The molecule has 0 radical (unpaired) electrons. The van der Waals surface area contributed by atoms with Crippen LogP contribution in [0, 0.1) is 0 Å². The summed E-state index contributed by atoms with van der Waals surface area (Å²) < 4.78 is 2.74. The van der Waals surface area contributed by atoms with Crippen molar-refractivity contribution in [3.63, 3.8) is 0 Å². The van der Waals surface area contributed by atoms with E-state index in [2.05, 4.69) is 30.9 Å². The fourth-order valence-corrected chi connectivity index (χ4v) is 2.98. The molecule has 0 atom stereocenters. The van der Waals surface area contributed by atoms with E-state index in [0.717, 1.165) is 15.7 Å². The van der Waals surface area contributed by atoms with E-state index in [1.807, 2.05) is 31.3 Å². The summed E-state index contributed by atoms with van der Waals surface area (Å²) in [5.41, 5.74) is 2.22. The van der Waals surface area contributed by atoms with Gasteiger partial charge in [0.1, 0.15) is 16.0 Å². The molecule has 7 heteroatoms. The van der Waals surface area contributed by atoms with Crippen molar-refractivity contribution >= 4 is 39.1 Å². The summed E-state index contributed by atoms with van der Waals surface area (Å²) in [6.45, 7) is 0. The predicted octanol–water partition coefficient (Wildman–Crippen LogP) is 4.61. The summed E-state index contributed by atoms with van der Waals surface area (Å²) in [5.74, 6) is 0.448. The summed E-state index contributed by atoms with van der Waals surface area (Å²) in [6.07, 6.45) is 3.34. The lowest BCUT2D eigenvalue weighted by molar-refractivity contribution is 0.908. The average Bonchev–Trinajstić information content (AvgIpc) is 2.84. The maximum absolute atomic E-state index is 6.31. The van der Waals surface area contributed by atoms with Gasteiger partial charge in [-0.15, -0.1) is 0 Å². The molecule has 0 N–H and O–H groups in total. The molecule has 0 spiro atoms. The van der Waals surface area contributed by atoms with E-state index in [1.165, 1.54) is 0 Å². The molecule has 0 aliphatic carbocycles. The maximum atomic E-state index is 6.31. The topological polar surface area (TPSA) is 43.6 Å². The molecule has 0 aliphatic heterocycles. The summed E-state index contributed by atoms with van der Waals surface area (Å²) in [6, 6.07) is 7.66. The Bertz CT molecular complexity index is 793. The van der Waals surface area contributed by atoms with Gasteiger partial charge in [0.15, 0.2) is 5.82 Å². The van der Waals surface area contributed by atoms with Crippen LogP contribution in [0.1, 0.15) is 0 Å². The van der Waals surface area contributed by atoms with Gasteiger partial charge in [-0.1, -0.05) is 51.3 Å². The molecule has 3 aromatic rings. The fraction of sp³-hybridized carbons (Fsp3) is 0.0714. The van der Waals surface area contributed by atoms with Crippen molar-refractivity contribution in [3.8, 4) is 22.6 Å². The van der Waals surface area contributed by atoms with Gasteiger partial charge in [0.05, 0.1) is 18.1 Å². The van der Waals surface area contributed by atoms with Crippen LogP contribution in [-0.2, 0) is 7.05 Å². The van der Waals surface area contributed by atoms with Crippen molar-refractivity contribution in [1.29, 1.82) is 0 Å². The summed E-state index contributed by atoms with van der Waals surface area (Å²) >= 11 is 16.0. The van der Waals surface area contributed by atoms with Crippen LogP contribution < -0.4 is 0 Å². The molecular weight excluding hydrogens is 375 g/mol. The van der Waals surface area contributed by atoms with Crippen LogP contribution >= 0.6 is 39.1 Å². The van der Waals surface area contributed by atoms with E-state index in [9.17, 15) is 0 Å². The summed E-state index contributed by atoms with van der Waals surface area (Å²) in [4.78, 5) is 12.7. The Labute approximate surface area is 139 Å². The number of halogens is 3. The highest BCUT2D eigenvalue weighted by Gasteiger charge is 2.16. The van der Waals surface area contributed by atoms with Crippen molar-refractivity contribution in [2.24, 2.45) is 7.05 Å². The number of rotatable bonds is 2. The maximum Gasteiger partial charge on any atom is 0.180 e. The molecule has 3 rings (SSSR count). The minimum absolute atomic E-state index is 0.310. The minimum atomic E-state index is 0.310. The van der Waals surface area contributed by atoms with E-state index < -0.39 is 0 Å². The molecule has 21 heavy (non-hydrogen) atoms. The van der Waals surface area contributed by atoms with Crippen molar-refractivity contribution in [1.82, 2.24) is 19.5 Å². The predicted molar refractivity (Wildman–Crippen MR) is 87.4 cm³/mol. The Kier molecular flexibility index (Phi) is 3.97. The monoisotopic (exact) mass is 382 g/mol. The smallest absolute Gasteiger partial charge is 0.180 e. The van der Waals surface area contributed by atoms with Crippen molar-refractivity contribution in [2.45, 2.75) is 0 Å². The van der Waals surface area contributed by atoms with E-state index in [4.69, 9.17) is 23.2 Å². The highest BCUT2D eigenvalue weighted by Crippen LogP contribution is 2.35. The molecule has 2 heterocycles. The highest BCUT2D eigenvalue weighted by molar-refractivity contribution is 9.10. The van der Waals surface area contributed by atoms with Crippen LogP contribution in [0.3, 0.4) is 0 Å². The summed E-state index contributed by atoms with van der Waals surface area (Å²) in [5, 5.41) is 0.619. The first-order valence-electron chi connectivity index (χ1n) is 6.02. The van der Waals surface area contributed by atoms with Crippen LogP contribution in [0.5, 0.6) is 0 Å². The molecule has 106 valence electrons. The Morgan fingerprint density at radius 3 is 2.43 bits per heavy atom. The minimum Gasteiger partial charge on any atom is -0.331 e. The number of hydrogen-bond acceptors (Lipinski definition) is 3. The van der Waals surface area contributed by atoms with E-state index >= 15 is 0 Å². The quantitative estimate of drug-likeness (QED) is 0.606. The number of aromatic nitrogens is 4. The Morgan fingerprint density at radius 1 is 1.14 bits per heavy atom. The first-order chi connectivity index (χ1) is 10.1. The molecular formula is C14H9BrCl2N4. The molecule has 0 bridgehead atoms. The molecule has 0 unspecified atom stereocenters. The standard InChI is InChI=1S/C14H9BrCl2N4/c1-21-7-18-6-10(21)14-19-12(16)11(13(17)20-14)8-3-2-4-9(15)5-8/h2-7H,1H3. The zero-order chi connectivity index (χ0) is 15.0. The SMILES string of the molecule is Cn1cncc1-c1nc(Cl)c(-c2cccc(Br)c2)c(Cl)n1.